The van der Waals surface area contributed by atoms with Crippen LogP contribution >= 0.6 is 39.1 Å². The van der Waals surface area contributed by atoms with Crippen LogP contribution in [-0.4, -0.2) is 16.1 Å². The van der Waals surface area contributed by atoms with Crippen molar-refractivity contribution >= 4 is 55.9 Å². The number of carbonyl (C=O) groups is 1. The molecule has 3 nitrogen and oxygen atoms in total. The molecule has 1 aromatic carbocycles. The standard InChI is InChI=1S/C10H4BrCl2NO2/c11-6-3-14-9(10(15)16)5-1-4(12)2-7(13)8(5)6/h1-3H,(H,15,16). The maximum absolute atomic E-state index is 11.0. The van der Waals surface area contributed by atoms with Gasteiger partial charge in [0, 0.05) is 26.5 Å². The lowest BCUT2D eigenvalue weighted by molar-refractivity contribution is 0.0693. The van der Waals surface area contributed by atoms with Crippen LogP contribution in [0.4, 0.5) is 0 Å². The van der Waals surface area contributed by atoms with Gasteiger partial charge in [-0.1, -0.05) is 23.2 Å². The zero-order valence-corrected chi connectivity index (χ0v) is 10.8. The number of hydrogen-bond acceptors (Lipinski definition) is 2. The number of halogens is 3. The number of aromatic nitrogens is 1. The molecule has 1 N–H and O–H groups in total. The number of benzene rings is 1. The van der Waals surface area contributed by atoms with Crippen LogP contribution in [0.25, 0.3) is 10.8 Å². The van der Waals surface area contributed by atoms with E-state index in [2.05, 4.69) is 20.9 Å². The SMILES string of the molecule is O=C(O)c1ncc(Br)c2c(Cl)cc(Cl)cc12. The van der Waals surface area contributed by atoms with E-state index >= 15 is 0 Å². The summed E-state index contributed by atoms with van der Waals surface area (Å²) >= 11 is 15.1. The summed E-state index contributed by atoms with van der Waals surface area (Å²) in [6.07, 6.45) is 1.41. The van der Waals surface area contributed by atoms with Crippen LogP contribution in [0.1, 0.15) is 10.5 Å². The monoisotopic (exact) mass is 319 g/mol. The van der Waals surface area contributed by atoms with Crippen molar-refractivity contribution < 1.29 is 9.90 Å². The lowest BCUT2D eigenvalue weighted by Gasteiger charge is -2.06. The molecular weight excluding hydrogens is 317 g/mol. The smallest absolute Gasteiger partial charge is 0.355 e. The molecule has 0 bridgehead atoms. The Kier molecular flexibility index (Phi) is 3.06. The fourth-order valence-electron chi connectivity index (χ4n) is 1.43. The summed E-state index contributed by atoms with van der Waals surface area (Å²) in [6, 6.07) is 3.09. The van der Waals surface area contributed by atoms with E-state index in [1.807, 2.05) is 0 Å². The van der Waals surface area contributed by atoms with Crippen molar-refractivity contribution in [2.24, 2.45) is 0 Å². The topological polar surface area (TPSA) is 50.2 Å². The Balaban J connectivity index is 2.98. The van der Waals surface area contributed by atoms with E-state index in [-0.39, 0.29) is 5.69 Å². The Morgan fingerprint density at radius 2 is 2.06 bits per heavy atom. The van der Waals surface area contributed by atoms with Gasteiger partial charge in [0.15, 0.2) is 5.69 Å². The van der Waals surface area contributed by atoms with Crippen molar-refractivity contribution in [2.45, 2.75) is 0 Å². The first-order chi connectivity index (χ1) is 7.50. The van der Waals surface area contributed by atoms with Crippen molar-refractivity contribution in [3.63, 3.8) is 0 Å². The Bertz CT molecular complexity index is 601. The van der Waals surface area contributed by atoms with Crippen LogP contribution in [0.5, 0.6) is 0 Å². The maximum atomic E-state index is 11.0. The van der Waals surface area contributed by atoms with Gasteiger partial charge in [-0.3, -0.25) is 0 Å². The van der Waals surface area contributed by atoms with Crippen molar-refractivity contribution in [2.75, 3.05) is 0 Å². The van der Waals surface area contributed by atoms with Crippen LogP contribution in [0.3, 0.4) is 0 Å². The summed E-state index contributed by atoms with van der Waals surface area (Å²) in [4.78, 5) is 14.8. The first-order valence-electron chi connectivity index (χ1n) is 4.17. The zero-order valence-electron chi connectivity index (χ0n) is 7.67. The molecule has 0 spiro atoms. The molecule has 1 aromatic heterocycles. The van der Waals surface area contributed by atoms with E-state index in [4.69, 9.17) is 28.3 Å². The highest BCUT2D eigenvalue weighted by molar-refractivity contribution is 9.10. The van der Waals surface area contributed by atoms with Gasteiger partial charge in [-0.2, -0.15) is 0 Å². The maximum Gasteiger partial charge on any atom is 0.355 e. The van der Waals surface area contributed by atoms with Gasteiger partial charge in [-0.05, 0) is 28.1 Å². The second kappa shape index (κ2) is 4.20. The van der Waals surface area contributed by atoms with Crippen molar-refractivity contribution in [3.8, 4) is 0 Å². The molecular formula is C10H4BrCl2NO2. The molecule has 1 heterocycles. The number of fused-ring (bicyclic) bond motifs is 1. The molecule has 16 heavy (non-hydrogen) atoms. The molecule has 6 heteroatoms. The summed E-state index contributed by atoms with van der Waals surface area (Å²) in [6.45, 7) is 0. The van der Waals surface area contributed by atoms with E-state index in [0.29, 0.717) is 25.3 Å². The van der Waals surface area contributed by atoms with Crippen LogP contribution in [0.15, 0.2) is 22.8 Å². The average Bonchev–Trinajstić information content (AvgIpc) is 2.15. The second-order valence-corrected chi connectivity index (χ2v) is 4.77. The number of nitrogens with zero attached hydrogens (tertiary/aromatic N) is 1. The van der Waals surface area contributed by atoms with E-state index in [1.54, 1.807) is 6.07 Å². The minimum Gasteiger partial charge on any atom is -0.476 e. The van der Waals surface area contributed by atoms with E-state index in [0.717, 1.165) is 0 Å². The highest BCUT2D eigenvalue weighted by Crippen LogP contribution is 2.34. The molecule has 2 rings (SSSR count). The molecule has 0 radical (unpaired) electrons. The summed E-state index contributed by atoms with van der Waals surface area (Å²) in [5.41, 5.74) is -0.0670. The molecule has 2 aromatic rings. The lowest BCUT2D eigenvalue weighted by atomic mass is 10.1. The molecule has 0 saturated carbocycles. The van der Waals surface area contributed by atoms with Gasteiger partial charge in [-0.25, -0.2) is 9.78 Å². The zero-order chi connectivity index (χ0) is 11.9. The van der Waals surface area contributed by atoms with Gasteiger partial charge in [0.2, 0.25) is 0 Å². The van der Waals surface area contributed by atoms with Crippen LogP contribution in [0.2, 0.25) is 10.0 Å². The van der Waals surface area contributed by atoms with Gasteiger partial charge < -0.3 is 5.11 Å². The van der Waals surface area contributed by atoms with Gasteiger partial charge >= 0.3 is 5.97 Å². The number of carboxylic acids is 1. The second-order valence-electron chi connectivity index (χ2n) is 3.07. The molecule has 0 aliphatic carbocycles. The normalized spacial score (nSPS) is 10.7. The fourth-order valence-corrected chi connectivity index (χ4v) is 2.67. The van der Waals surface area contributed by atoms with Crippen LogP contribution in [-0.2, 0) is 0 Å². The number of rotatable bonds is 1. The lowest BCUT2D eigenvalue weighted by Crippen LogP contribution is -2.01. The number of pyridine rings is 1. The van der Waals surface area contributed by atoms with Gasteiger partial charge in [0.05, 0.1) is 5.02 Å². The Hall–Kier alpha value is -0.840. The quantitative estimate of drug-likeness (QED) is 0.864. The third-order valence-corrected chi connectivity index (χ3v) is 3.18. The predicted octanol–water partition coefficient (Wildman–Crippen LogP) is 4.00. The van der Waals surface area contributed by atoms with Crippen molar-refractivity contribution in [1.29, 1.82) is 0 Å². The highest BCUT2D eigenvalue weighted by atomic mass is 79.9. The van der Waals surface area contributed by atoms with Crippen molar-refractivity contribution in [3.05, 3.63) is 38.5 Å². The summed E-state index contributed by atoms with van der Waals surface area (Å²) in [5.74, 6) is -1.11. The molecule has 82 valence electrons. The Morgan fingerprint density at radius 3 is 2.69 bits per heavy atom. The van der Waals surface area contributed by atoms with Crippen LogP contribution in [0, 0.1) is 0 Å². The Labute approximate surface area is 109 Å². The average molecular weight is 321 g/mol. The number of hydrogen-bond donors (Lipinski definition) is 1. The third-order valence-electron chi connectivity index (χ3n) is 2.06. The molecule has 0 unspecified atom stereocenters. The molecule has 0 atom stereocenters. The van der Waals surface area contributed by atoms with Crippen molar-refractivity contribution in [1.82, 2.24) is 4.98 Å². The molecule has 0 amide bonds. The van der Waals surface area contributed by atoms with E-state index in [9.17, 15) is 4.79 Å². The first kappa shape index (κ1) is 11.6. The van der Waals surface area contributed by atoms with Gasteiger partial charge in [0.25, 0.3) is 0 Å². The predicted molar refractivity (Wildman–Crippen MR) is 66.4 cm³/mol. The summed E-state index contributed by atoms with van der Waals surface area (Å²) in [7, 11) is 0. The van der Waals surface area contributed by atoms with E-state index < -0.39 is 5.97 Å². The third kappa shape index (κ3) is 1.88. The fraction of sp³-hybridized carbons (Fsp3) is 0. The minimum atomic E-state index is -1.11. The van der Waals surface area contributed by atoms with E-state index in [1.165, 1.54) is 12.3 Å². The highest BCUT2D eigenvalue weighted by Gasteiger charge is 2.15. The molecule has 0 aliphatic heterocycles. The molecule has 0 saturated heterocycles. The first-order valence-corrected chi connectivity index (χ1v) is 5.72. The molecule has 0 fully saturated rings. The van der Waals surface area contributed by atoms with Crippen LogP contribution < -0.4 is 0 Å². The molecule has 0 aliphatic rings. The Morgan fingerprint density at radius 1 is 1.38 bits per heavy atom. The largest absolute Gasteiger partial charge is 0.476 e. The van der Waals surface area contributed by atoms with Gasteiger partial charge in [0.1, 0.15) is 0 Å². The number of carboxylic acid groups (broad SMARTS) is 1. The minimum absolute atomic E-state index is 0.0670. The summed E-state index contributed by atoms with van der Waals surface area (Å²) < 4.78 is 0.633. The number of aromatic carboxylic acids is 1. The van der Waals surface area contributed by atoms with Gasteiger partial charge in [-0.15, -0.1) is 0 Å². The summed E-state index contributed by atoms with van der Waals surface area (Å²) in [5, 5.41) is 10.8.